The first-order chi connectivity index (χ1) is 8.82. The summed E-state index contributed by atoms with van der Waals surface area (Å²) in [6.07, 6.45) is 0.896. The fraction of sp³-hybridized carbons (Fsp3) is 0.769. The second-order valence-corrected chi connectivity index (χ2v) is 6.05. The van der Waals surface area contributed by atoms with Gasteiger partial charge in [0.1, 0.15) is 0 Å². The monoisotopic (exact) mass is 286 g/mol. The molecule has 0 aliphatic rings. The van der Waals surface area contributed by atoms with Crippen LogP contribution in [0.5, 0.6) is 6.01 Å². The number of rotatable bonds is 6. The van der Waals surface area contributed by atoms with Crippen molar-refractivity contribution >= 4 is 17.5 Å². The van der Waals surface area contributed by atoms with Gasteiger partial charge in [0.05, 0.1) is 6.61 Å². The minimum atomic E-state index is 0.145. The highest BCUT2D eigenvalue weighted by Crippen LogP contribution is 2.25. The van der Waals surface area contributed by atoms with Gasteiger partial charge in [0.2, 0.25) is 11.2 Å². The van der Waals surface area contributed by atoms with Crippen LogP contribution in [-0.4, -0.2) is 28.1 Å². The largest absolute Gasteiger partial charge is 0.463 e. The molecule has 6 heteroatoms. The summed E-state index contributed by atoms with van der Waals surface area (Å²) in [5, 5.41) is 3.33. The molecule has 1 N–H and O–H groups in total. The molecule has 0 saturated heterocycles. The molecule has 19 heavy (non-hydrogen) atoms. The molecule has 0 fully saturated rings. The summed E-state index contributed by atoms with van der Waals surface area (Å²) >= 11 is 5.85. The van der Waals surface area contributed by atoms with Gasteiger partial charge < -0.3 is 10.1 Å². The van der Waals surface area contributed by atoms with Crippen molar-refractivity contribution in [3.8, 4) is 6.01 Å². The quantitative estimate of drug-likeness (QED) is 0.868. The minimum Gasteiger partial charge on any atom is -0.463 e. The van der Waals surface area contributed by atoms with Gasteiger partial charge in [0.15, 0.2) is 0 Å². The standard InChI is InChI=1S/C13H23ClN4O/c1-6-7-19-12-17-10(14)16-11(18-12)15-8-9(2)13(3,4)5/h9H,6-8H2,1-5H3,(H,15,16,17,18). The smallest absolute Gasteiger partial charge is 0.322 e. The Balaban J connectivity index is 2.65. The minimum absolute atomic E-state index is 0.145. The zero-order valence-electron chi connectivity index (χ0n) is 12.3. The van der Waals surface area contributed by atoms with Crippen LogP contribution < -0.4 is 10.1 Å². The van der Waals surface area contributed by atoms with Crippen molar-refractivity contribution < 1.29 is 4.74 Å². The molecule has 1 rings (SSSR count). The van der Waals surface area contributed by atoms with E-state index in [1.807, 2.05) is 6.92 Å². The van der Waals surface area contributed by atoms with E-state index < -0.39 is 0 Å². The Morgan fingerprint density at radius 3 is 2.53 bits per heavy atom. The van der Waals surface area contributed by atoms with E-state index in [0.29, 0.717) is 18.5 Å². The van der Waals surface area contributed by atoms with Crippen LogP contribution in [0.2, 0.25) is 5.28 Å². The average Bonchev–Trinajstić information content (AvgIpc) is 2.31. The lowest BCUT2D eigenvalue weighted by molar-refractivity contribution is 0.273. The fourth-order valence-corrected chi connectivity index (χ4v) is 1.37. The molecule has 1 heterocycles. The number of anilines is 1. The molecule has 0 aliphatic carbocycles. The van der Waals surface area contributed by atoms with Gasteiger partial charge in [-0.25, -0.2) is 0 Å². The molecule has 5 nitrogen and oxygen atoms in total. The average molecular weight is 287 g/mol. The number of nitrogens with zero attached hydrogens (tertiary/aromatic N) is 3. The van der Waals surface area contributed by atoms with Crippen LogP contribution in [0.1, 0.15) is 41.0 Å². The van der Waals surface area contributed by atoms with Crippen LogP contribution in [0.4, 0.5) is 5.95 Å². The van der Waals surface area contributed by atoms with E-state index >= 15 is 0 Å². The van der Waals surface area contributed by atoms with Crippen molar-refractivity contribution in [3.05, 3.63) is 5.28 Å². The summed E-state index contributed by atoms with van der Waals surface area (Å²) in [7, 11) is 0. The molecule has 0 amide bonds. The van der Waals surface area contributed by atoms with Crippen LogP contribution in [0.3, 0.4) is 0 Å². The summed E-state index contributed by atoms with van der Waals surface area (Å²) in [5.74, 6) is 0.935. The predicted octanol–water partition coefficient (Wildman–Crippen LogP) is 3.41. The highest BCUT2D eigenvalue weighted by molar-refractivity contribution is 6.28. The van der Waals surface area contributed by atoms with E-state index in [-0.39, 0.29) is 16.7 Å². The van der Waals surface area contributed by atoms with Crippen LogP contribution in [0, 0.1) is 11.3 Å². The molecular formula is C13H23ClN4O. The first kappa shape index (κ1) is 16.0. The van der Waals surface area contributed by atoms with E-state index in [1.54, 1.807) is 0 Å². The number of aromatic nitrogens is 3. The summed E-state index contributed by atoms with van der Waals surface area (Å²) < 4.78 is 5.36. The number of halogens is 1. The van der Waals surface area contributed by atoms with Crippen LogP contribution in [0.15, 0.2) is 0 Å². The van der Waals surface area contributed by atoms with Crippen LogP contribution in [-0.2, 0) is 0 Å². The van der Waals surface area contributed by atoms with Gasteiger partial charge in [-0.2, -0.15) is 15.0 Å². The van der Waals surface area contributed by atoms with Crippen molar-refractivity contribution in [1.29, 1.82) is 0 Å². The zero-order valence-corrected chi connectivity index (χ0v) is 13.1. The third-order valence-corrected chi connectivity index (χ3v) is 3.24. The molecular weight excluding hydrogens is 264 g/mol. The number of nitrogens with one attached hydrogen (secondary N) is 1. The van der Waals surface area contributed by atoms with Crippen molar-refractivity contribution in [1.82, 2.24) is 15.0 Å². The zero-order chi connectivity index (χ0) is 14.5. The lowest BCUT2D eigenvalue weighted by atomic mass is 9.82. The SMILES string of the molecule is CCCOc1nc(Cl)nc(NCC(C)C(C)(C)C)n1. The van der Waals surface area contributed by atoms with Gasteiger partial charge in [-0.1, -0.05) is 34.6 Å². The summed E-state index contributed by atoms with van der Waals surface area (Å²) in [4.78, 5) is 12.2. The Labute approximate surface area is 120 Å². The Morgan fingerprint density at radius 1 is 1.26 bits per heavy atom. The molecule has 108 valence electrons. The van der Waals surface area contributed by atoms with Gasteiger partial charge in [-0.15, -0.1) is 0 Å². The third kappa shape index (κ3) is 5.59. The van der Waals surface area contributed by atoms with Crippen molar-refractivity contribution in [2.24, 2.45) is 11.3 Å². The van der Waals surface area contributed by atoms with E-state index in [4.69, 9.17) is 16.3 Å². The Morgan fingerprint density at radius 2 is 1.95 bits per heavy atom. The normalized spacial score (nSPS) is 13.2. The molecule has 0 saturated carbocycles. The lowest BCUT2D eigenvalue weighted by Gasteiger charge is -2.27. The Kier molecular flexibility index (Phi) is 5.79. The second-order valence-electron chi connectivity index (χ2n) is 5.71. The maximum Gasteiger partial charge on any atom is 0.322 e. The van der Waals surface area contributed by atoms with E-state index in [0.717, 1.165) is 13.0 Å². The van der Waals surface area contributed by atoms with E-state index in [1.165, 1.54) is 0 Å². The van der Waals surface area contributed by atoms with Gasteiger partial charge >= 0.3 is 6.01 Å². The molecule has 0 bridgehead atoms. The van der Waals surface area contributed by atoms with Crippen LogP contribution >= 0.6 is 11.6 Å². The van der Waals surface area contributed by atoms with Crippen molar-refractivity contribution in [2.45, 2.75) is 41.0 Å². The Hall–Kier alpha value is -1.10. The predicted molar refractivity (Wildman–Crippen MR) is 77.7 cm³/mol. The number of ether oxygens (including phenoxy) is 1. The first-order valence-corrected chi connectivity index (χ1v) is 6.99. The summed E-state index contributed by atoms with van der Waals surface area (Å²) in [6.45, 7) is 12.2. The van der Waals surface area contributed by atoms with Crippen molar-refractivity contribution in [3.63, 3.8) is 0 Å². The molecule has 1 atom stereocenters. The molecule has 0 aromatic carbocycles. The number of hydrogen-bond donors (Lipinski definition) is 1. The highest BCUT2D eigenvalue weighted by Gasteiger charge is 2.20. The van der Waals surface area contributed by atoms with E-state index in [9.17, 15) is 0 Å². The molecule has 1 aromatic rings. The first-order valence-electron chi connectivity index (χ1n) is 6.61. The summed E-state index contributed by atoms with van der Waals surface area (Å²) in [6, 6.07) is 0.271. The van der Waals surface area contributed by atoms with Gasteiger partial charge in [-0.05, 0) is 29.4 Å². The lowest BCUT2D eigenvalue weighted by Crippen LogP contribution is -2.25. The topological polar surface area (TPSA) is 59.9 Å². The highest BCUT2D eigenvalue weighted by atomic mass is 35.5. The van der Waals surface area contributed by atoms with E-state index in [2.05, 4.69) is 48.0 Å². The molecule has 0 spiro atoms. The molecule has 1 aromatic heterocycles. The summed E-state index contributed by atoms with van der Waals surface area (Å²) in [5.41, 5.74) is 0.228. The van der Waals surface area contributed by atoms with Gasteiger partial charge in [0, 0.05) is 6.54 Å². The maximum atomic E-state index is 5.85. The van der Waals surface area contributed by atoms with Crippen molar-refractivity contribution in [2.75, 3.05) is 18.5 Å². The van der Waals surface area contributed by atoms with Gasteiger partial charge in [0.25, 0.3) is 0 Å². The maximum absolute atomic E-state index is 5.85. The van der Waals surface area contributed by atoms with Crippen LogP contribution in [0.25, 0.3) is 0 Å². The number of hydrogen-bond acceptors (Lipinski definition) is 5. The molecule has 0 aliphatic heterocycles. The fourth-order valence-electron chi connectivity index (χ4n) is 1.22. The second kappa shape index (κ2) is 6.89. The third-order valence-electron chi connectivity index (χ3n) is 3.07. The molecule has 0 radical (unpaired) electrons. The van der Waals surface area contributed by atoms with Gasteiger partial charge in [-0.3, -0.25) is 0 Å². The molecule has 1 unspecified atom stereocenters. The Bertz CT molecular complexity index is 406.